The summed E-state index contributed by atoms with van der Waals surface area (Å²) in [6.07, 6.45) is 0. The van der Waals surface area contributed by atoms with E-state index in [9.17, 15) is 0 Å². The Hall–Kier alpha value is -7.82. The fourth-order valence-electron chi connectivity index (χ4n) is 10.6. The van der Waals surface area contributed by atoms with Crippen LogP contribution in [0, 0.1) is 0 Å². The molecule has 0 saturated carbocycles. The van der Waals surface area contributed by atoms with Gasteiger partial charge in [-0.3, -0.25) is 0 Å². The van der Waals surface area contributed by atoms with Crippen molar-refractivity contribution in [1.82, 2.24) is 9.13 Å². The van der Waals surface area contributed by atoms with Gasteiger partial charge in [0, 0.05) is 54.8 Å². The second kappa shape index (κ2) is 12.6. The largest absolute Gasteiger partial charge is 0.456 e. The van der Waals surface area contributed by atoms with Crippen molar-refractivity contribution in [1.29, 1.82) is 0 Å². The molecule has 0 radical (unpaired) electrons. The highest BCUT2D eigenvalue weighted by molar-refractivity contribution is 6.20. The molecule has 0 fully saturated rings. The monoisotopic (exact) mass is 781 g/mol. The summed E-state index contributed by atoms with van der Waals surface area (Å²) in [4.78, 5) is 2.54. The van der Waals surface area contributed by atoms with E-state index in [-0.39, 0.29) is 5.41 Å². The Morgan fingerprint density at radius 1 is 0.393 bits per heavy atom. The Bertz CT molecular complexity index is 3720. The molecule has 288 valence electrons. The van der Waals surface area contributed by atoms with Crippen molar-refractivity contribution in [3.63, 3.8) is 0 Å². The zero-order valence-electron chi connectivity index (χ0n) is 33.8. The number of hydrogen-bond donors (Lipinski definition) is 0. The number of rotatable bonds is 4. The van der Waals surface area contributed by atoms with E-state index in [4.69, 9.17) is 4.42 Å². The van der Waals surface area contributed by atoms with Crippen LogP contribution in [-0.4, -0.2) is 9.13 Å². The topological polar surface area (TPSA) is 26.2 Å². The summed E-state index contributed by atoms with van der Waals surface area (Å²) >= 11 is 0. The fraction of sp³-hybridized carbons (Fsp3) is 0.0526. The summed E-state index contributed by atoms with van der Waals surface area (Å²) in [6, 6.07) is 72.8. The summed E-state index contributed by atoms with van der Waals surface area (Å²) in [7, 11) is 0. The lowest BCUT2D eigenvalue weighted by atomic mass is 9.71. The van der Waals surface area contributed by atoms with Crippen molar-refractivity contribution in [3.8, 4) is 22.5 Å². The van der Waals surface area contributed by atoms with Crippen LogP contribution in [0.1, 0.15) is 25.0 Å². The molecule has 0 aliphatic carbocycles. The minimum absolute atomic E-state index is 0.371. The van der Waals surface area contributed by atoms with E-state index in [1.165, 1.54) is 77.2 Å². The van der Waals surface area contributed by atoms with Gasteiger partial charge in [-0.1, -0.05) is 135 Å². The van der Waals surface area contributed by atoms with Gasteiger partial charge < -0.3 is 18.5 Å². The van der Waals surface area contributed by atoms with E-state index in [0.717, 1.165) is 39.0 Å². The molecule has 4 heterocycles. The lowest BCUT2D eigenvalue weighted by molar-refractivity contribution is 0.639. The maximum absolute atomic E-state index is 6.28. The first-order valence-corrected chi connectivity index (χ1v) is 21.1. The van der Waals surface area contributed by atoms with Crippen LogP contribution in [-0.2, 0) is 5.41 Å². The van der Waals surface area contributed by atoms with Crippen molar-refractivity contribution < 1.29 is 4.42 Å². The van der Waals surface area contributed by atoms with Gasteiger partial charge in [0.15, 0.2) is 0 Å². The molecule has 1 aliphatic heterocycles. The van der Waals surface area contributed by atoms with Crippen molar-refractivity contribution in [2.45, 2.75) is 19.3 Å². The molecule has 61 heavy (non-hydrogen) atoms. The van der Waals surface area contributed by atoms with Gasteiger partial charge in [-0.05, 0) is 101 Å². The van der Waals surface area contributed by atoms with Crippen LogP contribution in [0.3, 0.4) is 0 Å². The number of nitrogens with zero attached hydrogens (tertiary/aromatic N) is 3. The maximum atomic E-state index is 6.28. The summed E-state index contributed by atoms with van der Waals surface area (Å²) < 4.78 is 11.2. The molecule has 1 aliphatic rings. The van der Waals surface area contributed by atoms with Crippen LogP contribution in [0.4, 0.5) is 17.1 Å². The maximum Gasteiger partial charge on any atom is 0.135 e. The smallest absolute Gasteiger partial charge is 0.135 e. The Kier molecular flexibility index (Phi) is 7.04. The predicted molar refractivity (Wildman–Crippen MR) is 255 cm³/mol. The molecule has 0 saturated heterocycles. The number of anilines is 3. The van der Waals surface area contributed by atoms with Crippen LogP contribution in [0.25, 0.3) is 88.1 Å². The van der Waals surface area contributed by atoms with Gasteiger partial charge in [-0.2, -0.15) is 0 Å². The van der Waals surface area contributed by atoms with Crippen LogP contribution in [0.15, 0.2) is 205 Å². The zero-order chi connectivity index (χ0) is 40.4. The highest BCUT2D eigenvalue weighted by Gasteiger charge is 2.41. The molecule has 4 nitrogen and oxygen atoms in total. The number of furan rings is 1. The van der Waals surface area contributed by atoms with E-state index in [1.54, 1.807) is 0 Å². The SMILES string of the molecule is CC1(C)c2ccc3c(c2N(c2ccccc2)c2ccc4c(c21)c1ccccc1n4-c1ccc2oc4ccccc4c2c1)c1ccccc1n3-c1ccc(-c2ccccc2)cc1. The molecule has 0 N–H and O–H groups in total. The summed E-state index contributed by atoms with van der Waals surface area (Å²) in [5.41, 5.74) is 17.1. The molecule has 12 aromatic rings. The Morgan fingerprint density at radius 2 is 0.951 bits per heavy atom. The van der Waals surface area contributed by atoms with Gasteiger partial charge in [0.25, 0.3) is 0 Å². The van der Waals surface area contributed by atoms with Gasteiger partial charge in [0.05, 0.1) is 33.4 Å². The van der Waals surface area contributed by atoms with Crippen LogP contribution < -0.4 is 4.90 Å². The standard InChI is InChI=1S/C57H39N3O/c1-57(2)45-30-31-49-54(43-21-10-13-23-47(43)58(49)39-27-25-37(26-28-39)36-15-5-3-6-16-36)56(45)60(38-17-7-4-8-18-38)50-33-32-48-53(55(50)57)42-20-9-12-22-46(42)59(48)40-29-34-52-44(35-40)41-19-11-14-24-51(41)61-52/h3-35H,1-2H3. The Balaban J connectivity index is 1.09. The molecular formula is C57H39N3O. The molecule has 0 amide bonds. The van der Waals surface area contributed by atoms with Crippen LogP contribution in [0.2, 0.25) is 0 Å². The molecule has 0 unspecified atom stereocenters. The van der Waals surface area contributed by atoms with Gasteiger partial charge in [-0.15, -0.1) is 0 Å². The van der Waals surface area contributed by atoms with Gasteiger partial charge in [0.2, 0.25) is 0 Å². The molecule has 0 spiro atoms. The fourth-order valence-corrected chi connectivity index (χ4v) is 10.6. The number of hydrogen-bond acceptors (Lipinski definition) is 2. The summed E-state index contributed by atoms with van der Waals surface area (Å²) in [5.74, 6) is 0. The third kappa shape index (κ3) is 4.76. The highest BCUT2D eigenvalue weighted by Crippen LogP contribution is 2.58. The van der Waals surface area contributed by atoms with Gasteiger partial charge in [0.1, 0.15) is 11.2 Å². The first kappa shape index (κ1) is 34.1. The first-order chi connectivity index (χ1) is 30.0. The second-order valence-electron chi connectivity index (χ2n) is 16.9. The number of aromatic nitrogens is 2. The average molecular weight is 782 g/mol. The normalized spacial score (nSPS) is 13.5. The van der Waals surface area contributed by atoms with Gasteiger partial charge in [-0.25, -0.2) is 0 Å². The molecule has 3 aromatic heterocycles. The van der Waals surface area contributed by atoms with Crippen LogP contribution >= 0.6 is 0 Å². The van der Waals surface area contributed by atoms with E-state index in [2.05, 4.69) is 222 Å². The van der Waals surface area contributed by atoms with Crippen molar-refractivity contribution in [2.24, 2.45) is 0 Å². The lowest BCUT2D eigenvalue weighted by Gasteiger charge is -2.43. The third-order valence-corrected chi connectivity index (χ3v) is 13.3. The number of para-hydroxylation sites is 4. The zero-order valence-corrected chi connectivity index (χ0v) is 33.8. The number of benzene rings is 9. The average Bonchev–Trinajstić information content (AvgIpc) is 3.97. The lowest BCUT2D eigenvalue weighted by Crippen LogP contribution is -2.31. The molecule has 13 rings (SSSR count). The molecular weight excluding hydrogens is 743 g/mol. The minimum atomic E-state index is -0.371. The van der Waals surface area contributed by atoms with Crippen molar-refractivity contribution in [2.75, 3.05) is 4.90 Å². The quantitative estimate of drug-likeness (QED) is 0.178. The third-order valence-electron chi connectivity index (χ3n) is 13.3. The Morgan fingerprint density at radius 3 is 1.70 bits per heavy atom. The summed E-state index contributed by atoms with van der Waals surface area (Å²) in [5, 5.41) is 7.27. The van der Waals surface area contributed by atoms with E-state index < -0.39 is 0 Å². The van der Waals surface area contributed by atoms with Crippen LogP contribution in [0.5, 0.6) is 0 Å². The Labute approximate surface area is 352 Å². The molecule has 9 aromatic carbocycles. The van der Waals surface area contributed by atoms with Crippen molar-refractivity contribution in [3.05, 3.63) is 211 Å². The van der Waals surface area contributed by atoms with Crippen molar-refractivity contribution >= 4 is 82.6 Å². The molecule has 0 atom stereocenters. The minimum Gasteiger partial charge on any atom is -0.456 e. The molecule has 4 heteroatoms. The highest BCUT2D eigenvalue weighted by atomic mass is 16.3. The summed E-state index contributed by atoms with van der Waals surface area (Å²) in [6.45, 7) is 4.85. The first-order valence-electron chi connectivity index (χ1n) is 21.1. The van der Waals surface area contributed by atoms with E-state index in [0.29, 0.717) is 0 Å². The number of fused-ring (bicyclic) bond motifs is 13. The molecule has 0 bridgehead atoms. The second-order valence-corrected chi connectivity index (χ2v) is 16.9. The predicted octanol–water partition coefficient (Wildman–Crippen LogP) is 15.6. The van der Waals surface area contributed by atoms with Gasteiger partial charge >= 0.3 is 0 Å². The van der Waals surface area contributed by atoms with E-state index in [1.807, 2.05) is 6.07 Å². The van der Waals surface area contributed by atoms with E-state index >= 15 is 0 Å².